The minimum atomic E-state index is -1.22. The molecule has 43 heavy (non-hydrogen) atoms. The van der Waals surface area contributed by atoms with Crippen molar-refractivity contribution in [2.75, 3.05) is 0 Å². The molecule has 0 unspecified atom stereocenters. The van der Waals surface area contributed by atoms with Crippen LogP contribution in [0.5, 0.6) is 0 Å². The van der Waals surface area contributed by atoms with Gasteiger partial charge in [0.15, 0.2) is 5.78 Å². The zero-order valence-corrected chi connectivity index (χ0v) is 25.7. The van der Waals surface area contributed by atoms with Crippen LogP contribution in [0.15, 0.2) is 58.7 Å². The summed E-state index contributed by atoms with van der Waals surface area (Å²) in [5, 5.41) is 12.3. The van der Waals surface area contributed by atoms with Crippen molar-refractivity contribution >= 4 is 23.7 Å². The van der Waals surface area contributed by atoms with Crippen molar-refractivity contribution in [3.63, 3.8) is 0 Å². The zero-order chi connectivity index (χ0) is 31.0. The van der Waals surface area contributed by atoms with Gasteiger partial charge in [-0.05, 0) is 60.0 Å². The van der Waals surface area contributed by atoms with Crippen molar-refractivity contribution < 1.29 is 38.5 Å². The molecule has 7 aliphatic rings. The Labute approximate surface area is 251 Å². The van der Waals surface area contributed by atoms with Gasteiger partial charge in [0.25, 0.3) is 0 Å². The Bertz CT molecular complexity index is 1540. The Kier molecular flexibility index (Phi) is 5.75. The van der Waals surface area contributed by atoms with Gasteiger partial charge >= 0.3 is 17.9 Å². The van der Waals surface area contributed by atoms with Gasteiger partial charge in [-0.1, -0.05) is 42.4 Å². The third-order valence-electron chi connectivity index (χ3n) is 12.4. The van der Waals surface area contributed by atoms with Gasteiger partial charge in [-0.3, -0.25) is 9.59 Å². The highest BCUT2D eigenvalue weighted by atomic mass is 16.6. The number of esters is 3. The van der Waals surface area contributed by atoms with Crippen LogP contribution < -0.4 is 0 Å². The lowest BCUT2D eigenvalue weighted by Crippen LogP contribution is -2.53. The average molecular weight is 589 g/mol. The molecule has 0 amide bonds. The maximum Gasteiger partial charge on any atom is 0.334 e. The molecule has 228 valence electrons. The summed E-state index contributed by atoms with van der Waals surface area (Å²) in [5.41, 5.74) is -0.796. The molecule has 0 radical (unpaired) electrons. The second kappa shape index (κ2) is 8.68. The second-order valence-electron chi connectivity index (χ2n) is 14.8. The molecule has 8 nitrogen and oxygen atoms in total. The van der Waals surface area contributed by atoms with E-state index in [0.717, 1.165) is 16.7 Å². The van der Waals surface area contributed by atoms with Crippen molar-refractivity contribution in [1.82, 2.24) is 0 Å². The Morgan fingerprint density at radius 2 is 1.84 bits per heavy atom. The number of aliphatic hydroxyl groups is 1. The summed E-state index contributed by atoms with van der Waals surface area (Å²) < 4.78 is 18.7. The van der Waals surface area contributed by atoms with E-state index >= 15 is 0 Å². The average Bonchev–Trinajstić information content (AvgIpc) is 3.57. The summed E-state index contributed by atoms with van der Waals surface area (Å²) in [6.45, 7) is 15.3. The van der Waals surface area contributed by atoms with Gasteiger partial charge in [0.05, 0.1) is 16.9 Å². The smallest absolute Gasteiger partial charge is 0.334 e. The maximum absolute atomic E-state index is 14.7. The summed E-state index contributed by atoms with van der Waals surface area (Å²) in [7, 11) is 0. The largest absolute Gasteiger partial charge is 0.460 e. The molecule has 2 saturated carbocycles. The van der Waals surface area contributed by atoms with E-state index in [9.17, 15) is 24.3 Å². The van der Waals surface area contributed by atoms with Crippen LogP contribution in [-0.4, -0.2) is 52.7 Å². The molecule has 11 atom stereocenters. The fraction of sp³-hybridized carbons (Fsp3) is 0.600. The van der Waals surface area contributed by atoms with Crippen LogP contribution in [0, 0.1) is 39.9 Å². The predicted octanol–water partition coefficient (Wildman–Crippen LogP) is 4.48. The highest BCUT2D eigenvalue weighted by Gasteiger charge is 2.84. The Morgan fingerprint density at radius 1 is 1.12 bits per heavy atom. The minimum absolute atomic E-state index is 0.100. The van der Waals surface area contributed by atoms with Crippen LogP contribution in [0.25, 0.3) is 0 Å². The first-order chi connectivity index (χ1) is 20.1. The monoisotopic (exact) mass is 588 g/mol. The molecular formula is C35H40O8. The van der Waals surface area contributed by atoms with Crippen molar-refractivity contribution in [2.45, 2.75) is 91.1 Å². The number of carbonyl (C=O) groups is 4. The lowest BCUT2D eigenvalue weighted by atomic mass is 9.54. The molecule has 2 aliphatic heterocycles. The number of hydrogen-bond acceptors (Lipinski definition) is 8. The maximum atomic E-state index is 14.7. The highest BCUT2D eigenvalue weighted by molar-refractivity contribution is 6.09. The lowest BCUT2D eigenvalue weighted by molar-refractivity contribution is -0.159. The molecule has 2 bridgehead atoms. The molecule has 1 N–H and O–H groups in total. The minimum Gasteiger partial charge on any atom is -0.460 e. The molecule has 7 rings (SSSR count). The van der Waals surface area contributed by atoms with Gasteiger partial charge in [0.1, 0.15) is 18.3 Å². The quantitative estimate of drug-likeness (QED) is 0.217. The number of rotatable bonds is 2. The summed E-state index contributed by atoms with van der Waals surface area (Å²) >= 11 is 0. The van der Waals surface area contributed by atoms with Crippen molar-refractivity contribution in [3.8, 4) is 0 Å². The molecule has 8 heteroatoms. The highest BCUT2D eigenvalue weighted by Crippen LogP contribution is 2.80. The van der Waals surface area contributed by atoms with E-state index in [0.29, 0.717) is 24.0 Å². The Balaban J connectivity index is 1.44. The van der Waals surface area contributed by atoms with Gasteiger partial charge in [-0.25, -0.2) is 9.59 Å². The third-order valence-corrected chi connectivity index (χ3v) is 12.4. The normalized spacial score (nSPS) is 47.3. The van der Waals surface area contributed by atoms with Gasteiger partial charge in [-0.2, -0.15) is 0 Å². The number of fused-ring (bicyclic) bond motifs is 6. The summed E-state index contributed by atoms with van der Waals surface area (Å²) in [6.07, 6.45) is 6.57. The van der Waals surface area contributed by atoms with E-state index in [-0.39, 0.29) is 24.5 Å². The standard InChI is InChI=1S/C35H40O8/c1-16(2)12-23(37)41-22-14-18(4)24-21(36)13-17(3)25(24)28-26(22)35(31(39)43-28)15-34-11-10-32(35,6)29(34)27-20(8-9-33(34,7)40)19(5)30(38)42-27/h10-13,20,22,25-29,40H,5,8-9,14-15H2,1-4,6-7H3/t20-,22-,25+,26+,27-,28+,29+,32-,33+,34+,35-/m0/s1. The Morgan fingerprint density at radius 3 is 2.53 bits per heavy atom. The van der Waals surface area contributed by atoms with E-state index in [2.05, 4.69) is 6.58 Å². The first kappa shape index (κ1) is 28.5. The van der Waals surface area contributed by atoms with Crippen molar-refractivity contribution in [2.24, 2.45) is 39.9 Å². The predicted molar refractivity (Wildman–Crippen MR) is 155 cm³/mol. The van der Waals surface area contributed by atoms with E-state index in [1.54, 1.807) is 6.08 Å². The van der Waals surface area contributed by atoms with E-state index in [1.165, 1.54) is 6.08 Å². The number of carbonyl (C=O) groups excluding carboxylic acids is 4. The molecule has 0 aromatic carbocycles. The van der Waals surface area contributed by atoms with E-state index < -0.39 is 75.8 Å². The van der Waals surface area contributed by atoms with Crippen LogP contribution in [0.3, 0.4) is 0 Å². The molecule has 4 fully saturated rings. The molecule has 0 aromatic rings. The van der Waals surface area contributed by atoms with Crippen LogP contribution >= 0.6 is 0 Å². The fourth-order valence-corrected chi connectivity index (χ4v) is 10.6. The molecule has 5 aliphatic carbocycles. The van der Waals surface area contributed by atoms with Crippen molar-refractivity contribution in [3.05, 3.63) is 58.7 Å². The van der Waals surface area contributed by atoms with Gasteiger partial charge in [0.2, 0.25) is 0 Å². The fourth-order valence-electron chi connectivity index (χ4n) is 10.6. The first-order valence-corrected chi connectivity index (χ1v) is 15.4. The zero-order valence-electron chi connectivity index (χ0n) is 25.7. The second-order valence-corrected chi connectivity index (χ2v) is 14.8. The molecule has 2 saturated heterocycles. The van der Waals surface area contributed by atoms with Gasteiger partial charge < -0.3 is 19.3 Å². The van der Waals surface area contributed by atoms with E-state index in [4.69, 9.17) is 14.2 Å². The number of ketones is 1. The molecule has 2 heterocycles. The number of ether oxygens (including phenoxy) is 3. The van der Waals surface area contributed by atoms with Crippen molar-refractivity contribution in [1.29, 1.82) is 0 Å². The lowest BCUT2D eigenvalue weighted by Gasteiger charge is -2.46. The SMILES string of the molecule is C=C1C(=O)O[C@@H]2[C@@H]3[C@]4(C)C=C[C@]3(C[C@]43C(=O)O[C@@H]4[C@@H]5C(C)=CC(=O)C5=C(C)C[C@H](OC(=O)C=C(C)C)[C@H]43)[C@](C)(O)CC[C@@H]12. The number of hydrogen-bond donors (Lipinski definition) is 1. The van der Waals surface area contributed by atoms with Crippen LogP contribution in [-0.2, 0) is 33.4 Å². The topological polar surface area (TPSA) is 116 Å². The number of allylic oxidation sites excluding steroid dienone is 3. The molecular weight excluding hydrogens is 548 g/mol. The Hall–Kier alpha value is -3.26. The van der Waals surface area contributed by atoms with Gasteiger partial charge in [-0.15, -0.1) is 0 Å². The molecule has 1 spiro atoms. The first-order valence-electron chi connectivity index (χ1n) is 15.4. The summed E-state index contributed by atoms with van der Waals surface area (Å²) in [6, 6.07) is 0. The van der Waals surface area contributed by atoms with Crippen LogP contribution in [0.4, 0.5) is 0 Å². The summed E-state index contributed by atoms with van der Waals surface area (Å²) in [5.74, 6) is -3.21. The van der Waals surface area contributed by atoms with E-state index in [1.807, 2.05) is 53.7 Å². The van der Waals surface area contributed by atoms with Crippen LogP contribution in [0.2, 0.25) is 0 Å². The molecule has 0 aromatic heterocycles. The van der Waals surface area contributed by atoms with Crippen LogP contribution in [0.1, 0.15) is 67.2 Å². The summed E-state index contributed by atoms with van der Waals surface area (Å²) in [4.78, 5) is 54.0. The third kappa shape index (κ3) is 3.31. The van der Waals surface area contributed by atoms with Gasteiger partial charge in [0, 0.05) is 52.2 Å².